The second-order valence-electron chi connectivity index (χ2n) is 4.82. The molecule has 1 amide bonds. The fraction of sp³-hybridized carbons (Fsp3) is 0.294. The first kappa shape index (κ1) is 19.0. The molecule has 8 heteroatoms. The van der Waals surface area contributed by atoms with E-state index in [0.717, 1.165) is 16.5 Å². The number of carbonyl (C=O) groups excluding carboxylic acids is 1. The van der Waals surface area contributed by atoms with Crippen LogP contribution in [0.25, 0.3) is 6.08 Å². The third-order valence-electron chi connectivity index (χ3n) is 2.94. The van der Waals surface area contributed by atoms with Gasteiger partial charge in [0.05, 0.1) is 6.61 Å². The van der Waals surface area contributed by atoms with E-state index in [2.05, 4.69) is 15.5 Å². The molecule has 1 aromatic heterocycles. The average Bonchev–Trinajstić information content (AvgIpc) is 3.05. The van der Waals surface area contributed by atoms with Crippen LogP contribution in [0, 0.1) is 11.3 Å². The maximum atomic E-state index is 12.3. The summed E-state index contributed by atoms with van der Waals surface area (Å²) < 4.78 is 6.43. The monoisotopic (exact) mass is 374 g/mol. The SMILES string of the molecule is CCCOc1ccccc1/C=C(\C#N)C(=O)Nc1nnc(SCC)s1. The number of nitrogens with zero attached hydrogens (tertiary/aromatic N) is 3. The van der Waals surface area contributed by atoms with E-state index in [0.29, 0.717) is 23.1 Å². The van der Waals surface area contributed by atoms with Gasteiger partial charge in [-0.25, -0.2) is 0 Å². The normalized spacial score (nSPS) is 11.0. The second kappa shape index (κ2) is 9.81. The number of nitrogens with one attached hydrogen (secondary N) is 1. The van der Waals surface area contributed by atoms with Crippen molar-refractivity contribution < 1.29 is 9.53 Å². The Morgan fingerprint density at radius 2 is 2.20 bits per heavy atom. The van der Waals surface area contributed by atoms with Gasteiger partial charge < -0.3 is 4.74 Å². The standard InChI is InChI=1S/C17H18N4O2S2/c1-3-9-23-14-8-6-5-7-12(14)10-13(11-18)15(22)19-16-20-21-17(25-16)24-4-2/h5-8,10H,3-4,9H2,1-2H3,(H,19,20,22)/b13-10+. The summed E-state index contributed by atoms with van der Waals surface area (Å²) in [5.41, 5.74) is 0.662. The smallest absolute Gasteiger partial charge is 0.268 e. The molecule has 130 valence electrons. The first-order valence-electron chi connectivity index (χ1n) is 7.79. The van der Waals surface area contributed by atoms with Crippen LogP contribution in [0.3, 0.4) is 0 Å². The summed E-state index contributed by atoms with van der Waals surface area (Å²) in [6, 6.07) is 9.23. The number of ether oxygens (including phenoxy) is 1. The molecule has 0 saturated heterocycles. The number of carbonyl (C=O) groups is 1. The molecule has 0 fully saturated rings. The molecule has 0 radical (unpaired) electrons. The Bertz CT molecular complexity index is 796. The van der Waals surface area contributed by atoms with Crippen molar-refractivity contribution in [3.8, 4) is 11.8 Å². The fourth-order valence-corrected chi connectivity index (χ4v) is 3.50. The van der Waals surface area contributed by atoms with E-state index in [1.54, 1.807) is 17.8 Å². The van der Waals surface area contributed by atoms with E-state index >= 15 is 0 Å². The van der Waals surface area contributed by atoms with Gasteiger partial charge in [0, 0.05) is 5.56 Å². The minimum absolute atomic E-state index is 0.0209. The Hall–Kier alpha value is -2.37. The van der Waals surface area contributed by atoms with Crippen LogP contribution in [0.2, 0.25) is 0 Å². The summed E-state index contributed by atoms with van der Waals surface area (Å²) >= 11 is 2.83. The van der Waals surface area contributed by atoms with Gasteiger partial charge in [0.2, 0.25) is 5.13 Å². The van der Waals surface area contributed by atoms with E-state index in [9.17, 15) is 10.1 Å². The minimum Gasteiger partial charge on any atom is -0.493 e. The number of para-hydroxylation sites is 1. The Morgan fingerprint density at radius 3 is 2.92 bits per heavy atom. The molecule has 2 aromatic rings. The highest BCUT2D eigenvalue weighted by atomic mass is 32.2. The van der Waals surface area contributed by atoms with E-state index in [4.69, 9.17) is 4.74 Å². The molecule has 0 atom stereocenters. The largest absolute Gasteiger partial charge is 0.493 e. The summed E-state index contributed by atoms with van der Waals surface area (Å²) in [4.78, 5) is 12.3. The maximum Gasteiger partial charge on any atom is 0.268 e. The van der Waals surface area contributed by atoms with Crippen molar-refractivity contribution in [2.45, 2.75) is 24.6 Å². The zero-order valence-corrected chi connectivity index (χ0v) is 15.6. The highest BCUT2D eigenvalue weighted by molar-refractivity contribution is 8.01. The number of hydrogen-bond donors (Lipinski definition) is 1. The van der Waals surface area contributed by atoms with E-state index in [-0.39, 0.29) is 5.57 Å². The highest BCUT2D eigenvalue weighted by Gasteiger charge is 2.14. The topological polar surface area (TPSA) is 87.9 Å². The Morgan fingerprint density at radius 1 is 1.40 bits per heavy atom. The molecule has 1 aromatic carbocycles. The zero-order valence-electron chi connectivity index (χ0n) is 14.0. The highest BCUT2D eigenvalue weighted by Crippen LogP contribution is 2.26. The summed E-state index contributed by atoms with van der Waals surface area (Å²) in [5, 5.41) is 20.2. The van der Waals surface area contributed by atoms with Crippen molar-refractivity contribution in [3.05, 3.63) is 35.4 Å². The third kappa shape index (κ3) is 5.59. The van der Waals surface area contributed by atoms with Crippen molar-refractivity contribution in [2.75, 3.05) is 17.7 Å². The molecular weight excluding hydrogens is 356 g/mol. The van der Waals surface area contributed by atoms with Crippen molar-refractivity contribution in [1.82, 2.24) is 10.2 Å². The Labute approximate surface area is 154 Å². The van der Waals surface area contributed by atoms with Gasteiger partial charge in [-0.2, -0.15) is 5.26 Å². The predicted octanol–water partition coefficient (Wildman–Crippen LogP) is 3.98. The number of amides is 1. The molecule has 0 aliphatic heterocycles. The van der Waals surface area contributed by atoms with Crippen molar-refractivity contribution >= 4 is 40.2 Å². The van der Waals surface area contributed by atoms with E-state index in [1.165, 1.54) is 17.4 Å². The number of nitriles is 1. The molecule has 1 N–H and O–H groups in total. The molecule has 0 aliphatic rings. The third-order valence-corrected chi connectivity index (χ3v) is 4.79. The zero-order chi connectivity index (χ0) is 18.1. The van der Waals surface area contributed by atoms with Crippen LogP contribution in [0.4, 0.5) is 5.13 Å². The average molecular weight is 374 g/mol. The van der Waals surface area contributed by atoms with Gasteiger partial charge in [0.15, 0.2) is 4.34 Å². The summed E-state index contributed by atoms with van der Waals surface area (Å²) in [5.74, 6) is 1.000. The van der Waals surface area contributed by atoms with Gasteiger partial charge in [-0.05, 0) is 24.3 Å². The van der Waals surface area contributed by atoms with E-state index < -0.39 is 5.91 Å². The quantitative estimate of drug-likeness (QED) is 0.325. The van der Waals surface area contributed by atoms with Crippen LogP contribution in [0.5, 0.6) is 5.75 Å². The van der Waals surface area contributed by atoms with Crippen LogP contribution in [-0.2, 0) is 4.79 Å². The summed E-state index contributed by atoms with van der Waals surface area (Å²) in [6.45, 7) is 4.60. The number of rotatable bonds is 8. The number of anilines is 1. The molecule has 0 spiro atoms. The summed E-state index contributed by atoms with van der Waals surface area (Å²) in [6.07, 6.45) is 2.39. The molecule has 0 aliphatic carbocycles. The number of benzene rings is 1. The predicted molar refractivity (Wildman–Crippen MR) is 101 cm³/mol. The molecule has 1 heterocycles. The Balaban J connectivity index is 2.16. The van der Waals surface area contributed by atoms with Gasteiger partial charge in [0.25, 0.3) is 5.91 Å². The van der Waals surface area contributed by atoms with Crippen LogP contribution < -0.4 is 10.1 Å². The molecule has 2 rings (SSSR count). The molecule has 0 saturated carbocycles. The molecule has 6 nitrogen and oxygen atoms in total. The van der Waals surface area contributed by atoms with E-state index in [1.807, 2.05) is 38.1 Å². The lowest BCUT2D eigenvalue weighted by molar-refractivity contribution is -0.112. The number of thioether (sulfide) groups is 1. The first-order chi connectivity index (χ1) is 12.2. The lowest BCUT2D eigenvalue weighted by atomic mass is 10.1. The van der Waals surface area contributed by atoms with Crippen LogP contribution >= 0.6 is 23.1 Å². The fourth-order valence-electron chi connectivity index (χ4n) is 1.85. The lowest BCUT2D eigenvalue weighted by Gasteiger charge is -2.08. The van der Waals surface area contributed by atoms with Gasteiger partial charge in [-0.15, -0.1) is 10.2 Å². The Kier molecular flexibility index (Phi) is 7.44. The van der Waals surface area contributed by atoms with Crippen LogP contribution in [0.1, 0.15) is 25.8 Å². The first-order valence-corrected chi connectivity index (χ1v) is 9.59. The number of hydrogen-bond acceptors (Lipinski definition) is 7. The van der Waals surface area contributed by atoms with Crippen molar-refractivity contribution in [1.29, 1.82) is 5.26 Å². The minimum atomic E-state index is -0.517. The van der Waals surface area contributed by atoms with Gasteiger partial charge >= 0.3 is 0 Å². The molecule has 0 bridgehead atoms. The second-order valence-corrected chi connectivity index (χ2v) is 7.31. The lowest BCUT2D eigenvalue weighted by Crippen LogP contribution is -2.13. The van der Waals surface area contributed by atoms with Crippen molar-refractivity contribution in [2.24, 2.45) is 0 Å². The maximum absolute atomic E-state index is 12.3. The van der Waals surface area contributed by atoms with Gasteiger partial charge in [0.1, 0.15) is 17.4 Å². The van der Waals surface area contributed by atoms with Gasteiger partial charge in [-0.1, -0.05) is 55.1 Å². The van der Waals surface area contributed by atoms with Gasteiger partial charge in [-0.3, -0.25) is 10.1 Å². The molecule has 0 unspecified atom stereocenters. The summed E-state index contributed by atoms with van der Waals surface area (Å²) in [7, 11) is 0. The van der Waals surface area contributed by atoms with Crippen LogP contribution in [-0.4, -0.2) is 28.5 Å². The molecular formula is C17H18N4O2S2. The molecule has 25 heavy (non-hydrogen) atoms. The van der Waals surface area contributed by atoms with Crippen molar-refractivity contribution in [3.63, 3.8) is 0 Å². The van der Waals surface area contributed by atoms with Crippen LogP contribution in [0.15, 0.2) is 34.2 Å². The number of aromatic nitrogens is 2.